The standard InChI is InChI=1S/C8H3ClINO2S/c9-8-3-5-6(11(12)13)1-4(10)2-7(5)14-8/h1-3H. The first-order valence-corrected chi connectivity index (χ1v) is 5.88. The second-order valence-electron chi connectivity index (χ2n) is 2.64. The van der Waals surface area contributed by atoms with Gasteiger partial charge < -0.3 is 0 Å². The number of non-ortho nitro benzene ring substituents is 1. The van der Waals surface area contributed by atoms with Crippen molar-refractivity contribution in [2.24, 2.45) is 0 Å². The normalized spacial score (nSPS) is 10.7. The zero-order valence-electron chi connectivity index (χ0n) is 6.66. The highest BCUT2D eigenvalue weighted by atomic mass is 127. The van der Waals surface area contributed by atoms with Gasteiger partial charge in [-0.2, -0.15) is 0 Å². The minimum atomic E-state index is -0.381. The van der Waals surface area contributed by atoms with E-state index in [1.165, 1.54) is 11.3 Å². The van der Waals surface area contributed by atoms with Gasteiger partial charge in [0.2, 0.25) is 0 Å². The van der Waals surface area contributed by atoms with Crippen LogP contribution < -0.4 is 0 Å². The maximum Gasteiger partial charge on any atom is 0.279 e. The molecule has 2 rings (SSSR count). The van der Waals surface area contributed by atoms with Crippen molar-refractivity contribution in [1.29, 1.82) is 0 Å². The lowest BCUT2D eigenvalue weighted by Crippen LogP contribution is -1.88. The molecule has 0 saturated carbocycles. The van der Waals surface area contributed by atoms with E-state index in [-0.39, 0.29) is 10.6 Å². The van der Waals surface area contributed by atoms with Gasteiger partial charge in [0.15, 0.2) is 0 Å². The molecule has 0 amide bonds. The fraction of sp³-hybridized carbons (Fsp3) is 0. The number of thiophene rings is 1. The van der Waals surface area contributed by atoms with Crippen LogP contribution >= 0.6 is 45.5 Å². The van der Waals surface area contributed by atoms with E-state index in [4.69, 9.17) is 11.6 Å². The molecule has 72 valence electrons. The number of nitrogens with zero attached hydrogens (tertiary/aromatic N) is 1. The highest BCUT2D eigenvalue weighted by Crippen LogP contribution is 2.36. The molecule has 1 aromatic heterocycles. The van der Waals surface area contributed by atoms with Crippen molar-refractivity contribution in [3.8, 4) is 0 Å². The summed E-state index contributed by atoms with van der Waals surface area (Å²) in [7, 11) is 0. The SMILES string of the molecule is O=[N+]([O-])c1cc(I)cc2sc(Cl)cc12. The number of benzene rings is 1. The van der Waals surface area contributed by atoms with E-state index in [1.807, 2.05) is 6.07 Å². The molecule has 0 saturated heterocycles. The second kappa shape index (κ2) is 3.63. The van der Waals surface area contributed by atoms with Crippen molar-refractivity contribution in [2.75, 3.05) is 0 Å². The van der Waals surface area contributed by atoms with E-state index in [9.17, 15) is 10.1 Å². The second-order valence-corrected chi connectivity index (χ2v) is 5.61. The Morgan fingerprint density at radius 1 is 1.43 bits per heavy atom. The first kappa shape index (κ1) is 10.1. The van der Waals surface area contributed by atoms with Crippen LogP contribution in [0.3, 0.4) is 0 Å². The predicted octanol–water partition coefficient (Wildman–Crippen LogP) is 4.07. The predicted molar refractivity (Wildman–Crippen MR) is 66.2 cm³/mol. The van der Waals surface area contributed by atoms with E-state index in [0.717, 1.165) is 8.27 Å². The van der Waals surface area contributed by atoms with Crippen LogP contribution in [0, 0.1) is 13.7 Å². The summed E-state index contributed by atoms with van der Waals surface area (Å²) in [6.07, 6.45) is 0. The zero-order chi connectivity index (χ0) is 10.3. The highest BCUT2D eigenvalue weighted by Gasteiger charge is 2.15. The summed E-state index contributed by atoms with van der Waals surface area (Å²) in [4.78, 5) is 10.4. The largest absolute Gasteiger partial charge is 0.279 e. The fourth-order valence-electron chi connectivity index (χ4n) is 1.21. The van der Waals surface area contributed by atoms with Crippen molar-refractivity contribution < 1.29 is 4.92 Å². The summed E-state index contributed by atoms with van der Waals surface area (Å²) in [5.74, 6) is 0. The third-order valence-corrected chi connectivity index (χ3v) is 3.58. The van der Waals surface area contributed by atoms with Gasteiger partial charge in [-0.05, 0) is 34.7 Å². The monoisotopic (exact) mass is 339 g/mol. The van der Waals surface area contributed by atoms with Gasteiger partial charge in [0, 0.05) is 14.3 Å². The maximum absolute atomic E-state index is 10.7. The fourth-order valence-corrected chi connectivity index (χ4v) is 3.23. The first-order chi connectivity index (χ1) is 6.58. The number of rotatable bonds is 1. The molecule has 2 aromatic rings. The average Bonchev–Trinajstić information content (AvgIpc) is 2.42. The van der Waals surface area contributed by atoms with Crippen LogP contribution in [0.5, 0.6) is 0 Å². The molecule has 0 radical (unpaired) electrons. The van der Waals surface area contributed by atoms with Gasteiger partial charge in [0.25, 0.3) is 5.69 Å². The van der Waals surface area contributed by atoms with Crippen molar-refractivity contribution >= 4 is 61.3 Å². The molecule has 0 fully saturated rings. The first-order valence-electron chi connectivity index (χ1n) is 3.61. The number of hydrogen-bond donors (Lipinski definition) is 0. The van der Waals surface area contributed by atoms with Crippen molar-refractivity contribution in [3.63, 3.8) is 0 Å². The van der Waals surface area contributed by atoms with Gasteiger partial charge in [-0.3, -0.25) is 10.1 Å². The maximum atomic E-state index is 10.7. The molecule has 0 bridgehead atoms. The Bertz CT molecular complexity index is 525. The number of hydrogen-bond acceptors (Lipinski definition) is 3. The summed E-state index contributed by atoms with van der Waals surface area (Å²) in [5, 5.41) is 11.4. The molecular formula is C8H3ClINO2S. The lowest BCUT2D eigenvalue weighted by Gasteiger charge is -1.94. The van der Waals surface area contributed by atoms with Gasteiger partial charge in [0.1, 0.15) is 0 Å². The molecule has 1 aromatic carbocycles. The summed E-state index contributed by atoms with van der Waals surface area (Å²) in [6, 6.07) is 5.07. The number of halogens is 2. The molecule has 0 N–H and O–H groups in total. The molecular weight excluding hydrogens is 337 g/mol. The van der Waals surface area contributed by atoms with Crippen LogP contribution in [-0.4, -0.2) is 4.92 Å². The number of nitro groups is 1. The molecule has 3 nitrogen and oxygen atoms in total. The Morgan fingerprint density at radius 3 is 2.79 bits per heavy atom. The minimum Gasteiger partial charge on any atom is -0.258 e. The van der Waals surface area contributed by atoms with Gasteiger partial charge in [-0.1, -0.05) is 11.6 Å². The van der Waals surface area contributed by atoms with E-state index in [1.54, 1.807) is 12.1 Å². The Kier molecular flexibility index (Phi) is 2.63. The Balaban J connectivity index is 2.85. The number of nitro benzene ring substituents is 1. The molecule has 0 atom stereocenters. The van der Waals surface area contributed by atoms with E-state index >= 15 is 0 Å². The Morgan fingerprint density at radius 2 is 2.14 bits per heavy atom. The summed E-state index contributed by atoms with van der Waals surface area (Å²) >= 11 is 9.21. The summed E-state index contributed by atoms with van der Waals surface area (Å²) in [5.41, 5.74) is 0.120. The highest BCUT2D eigenvalue weighted by molar-refractivity contribution is 14.1. The smallest absolute Gasteiger partial charge is 0.258 e. The van der Waals surface area contributed by atoms with Gasteiger partial charge in [-0.25, -0.2) is 0 Å². The van der Waals surface area contributed by atoms with E-state index in [0.29, 0.717) is 9.72 Å². The van der Waals surface area contributed by atoms with Crippen molar-refractivity contribution in [2.45, 2.75) is 0 Å². The minimum absolute atomic E-state index is 0.120. The summed E-state index contributed by atoms with van der Waals surface area (Å²) in [6.45, 7) is 0. The third kappa shape index (κ3) is 1.71. The van der Waals surface area contributed by atoms with Gasteiger partial charge in [0.05, 0.1) is 14.6 Å². The van der Waals surface area contributed by atoms with E-state index in [2.05, 4.69) is 22.6 Å². The van der Waals surface area contributed by atoms with Crippen LogP contribution in [0.25, 0.3) is 10.1 Å². The van der Waals surface area contributed by atoms with Crippen LogP contribution in [0.15, 0.2) is 18.2 Å². The molecule has 0 unspecified atom stereocenters. The summed E-state index contributed by atoms with van der Waals surface area (Å²) < 4.78 is 2.28. The van der Waals surface area contributed by atoms with Crippen LogP contribution in [0.4, 0.5) is 5.69 Å². The average molecular weight is 340 g/mol. The van der Waals surface area contributed by atoms with Gasteiger partial charge >= 0.3 is 0 Å². The lowest BCUT2D eigenvalue weighted by atomic mass is 10.2. The van der Waals surface area contributed by atoms with Crippen molar-refractivity contribution in [1.82, 2.24) is 0 Å². The number of fused-ring (bicyclic) bond motifs is 1. The molecule has 1 heterocycles. The molecule has 0 spiro atoms. The third-order valence-electron chi connectivity index (χ3n) is 1.75. The lowest BCUT2D eigenvalue weighted by molar-refractivity contribution is -0.383. The molecule has 6 heteroatoms. The molecule has 0 aliphatic heterocycles. The van der Waals surface area contributed by atoms with Crippen LogP contribution in [0.2, 0.25) is 4.34 Å². The Labute approximate surface area is 102 Å². The topological polar surface area (TPSA) is 43.1 Å². The van der Waals surface area contributed by atoms with Crippen molar-refractivity contribution in [3.05, 3.63) is 36.2 Å². The Hall–Kier alpha value is -0.400. The molecule has 0 aliphatic carbocycles. The van der Waals surface area contributed by atoms with Gasteiger partial charge in [-0.15, -0.1) is 11.3 Å². The molecule has 0 aliphatic rings. The molecule has 14 heavy (non-hydrogen) atoms. The zero-order valence-corrected chi connectivity index (χ0v) is 10.4. The van der Waals surface area contributed by atoms with E-state index < -0.39 is 0 Å². The van der Waals surface area contributed by atoms with Crippen LogP contribution in [-0.2, 0) is 0 Å². The quantitative estimate of drug-likeness (QED) is 0.446. The van der Waals surface area contributed by atoms with Crippen LogP contribution in [0.1, 0.15) is 0 Å².